The topological polar surface area (TPSA) is 144 Å². The number of hydrogen-bond donors (Lipinski definition) is 2. The first-order valence-corrected chi connectivity index (χ1v) is 11.0. The van der Waals surface area contributed by atoms with Crippen molar-refractivity contribution in [2.75, 3.05) is 13.2 Å². The molecule has 1 aromatic heterocycles. The predicted molar refractivity (Wildman–Crippen MR) is 109 cm³/mol. The van der Waals surface area contributed by atoms with Gasteiger partial charge < -0.3 is 14.6 Å². The maximum absolute atomic E-state index is 12.7. The Morgan fingerprint density at radius 2 is 1.81 bits per heavy atom. The number of nitrogens with one attached hydrogen (secondary N) is 1. The Bertz CT molecular complexity index is 1160. The summed E-state index contributed by atoms with van der Waals surface area (Å²) in [6, 6.07) is 9.26. The van der Waals surface area contributed by atoms with E-state index in [1.807, 2.05) is 6.92 Å². The van der Waals surface area contributed by atoms with Gasteiger partial charge in [0.15, 0.2) is 5.78 Å². The van der Waals surface area contributed by atoms with E-state index in [2.05, 4.69) is 20.6 Å². The monoisotopic (exact) mass is 446 g/mol. The van der Waals surface area contributed by atoms with E-state index in [1.165, 1.54) is 25.1 Å². The summed E-state index contributed by atoms with van der Waals surface area (Å²) < 4.78 is 36.7. The van der Waals surface area contributed by atoms with Gasteiger partial charge in [0.05, 0.1) is 5.56 Å². The Labute approximate surface area is 179 Å². The van der Waals surface area contributed by atoms with Gasteiger partial charge in [0.2, 0.25) is 9.84 Å². The Balaban J connectivity index is 1.72. The highest BCUT2D eigenvalue weighted by Gasteiger charge is 2.26. The molecule has 2 N–H and O–H groups in total. The predicted octanol–water partition coefficient (Wildman–Crippen LogP) is 2.35. The molecule has 0 amide bonds. The smallest absolute Gasteiger partial charge is 0.293 e. The van der Waals surface area contributed by atoms with E-state index in [9.17, 15) is 18.3 Å². The van der Waals surface area contributed by atoms with Gasteiger partial charge in [-0.25, -0.2) is 8.42 Å². The zero-order valence-corrected chi connectivity index (χ0v) is 17.8. The van der Waals surface area contributed by atoms with E-state index in [0.717, 1.165) is 6.42 Å². The minimum Gasteiger partial charge on any atom is -0.507 e. The van der Waals surface area contributed by atoms with Gasteiger partial charge >= 0.3 is 0 Å². The van der Waals surface area contributed by atoms with Crippen molar-refractivity contribution in [3.8, 4) is 17.2 Å². The van der Waals surface area contributed by atoms with Crippen LogP contribution in [0.4, 0.5) is 0 Å². The molecule has 164 valence electrons. The number of carbonyl (C=O) groups is 1. The van der Waals surface area contributed by atoms with Crippen molar-refractivity contribution in [3.05, 3.63) is 47.5 Å². The largest absolute Gasteiger partial charge is 0.507 e. The molecule has 0 bridgehead atoms. The number of carbonyl (C=O) groups excluding carboxylic acids is 1. The van der Waals surface area contributed by atoms with Gasteiger partial charge in [-0.05, 0) is 42.8 Å². The second-order valence-electron chi connectivity index (χ2n) is 6.59. The van der Waals surface area contributed by atoms with E-state index in [-0.39, 0.29) is 41.0 Å². The van der Waals surface area contributed by atoms with Crippen molar-refractivity contribution < 1.29 is 27.8 Å². The van der Waals surface area contributed by atoms with Crippen molar-refractivity contribution in [1.82, 2.24) is 20.6 Å². The molecule has 0 saturated heterocycles. The highest BCUT2D eigenvalue weighted by Crippen LogP contribution is 2.33. The fraction of sp³-hybridized carbons (Fsp3) is 0.300. The minimum atomic E-state index is -3.99. The summed E-state index contributed by atoms with van der Waals surface area (Å²) in [4.78, 5) is 11.6. The summed E-state index contributed by atoms with van der Waals surface area (Å²) in [5.41, 5.74) is 0.794. The van der Waals surface area contributed by atoms with Crippen molar-refractivity contribution >= 4 is 15.6 Å². The molecule has 0 saturated carbocycles. The van der Waals surface area contributed by atoms with Gasteiger partial charge in [0.1, 0.15) is 35.4 Å². The summed E-state index contributed by atoms with van der Waals surface area (Å²) in [6.07, 6.45) is 1.29. The number of aromatic hydroxyl groups is 1. The fourth-order valence-corrected chi connectivity index (χ4v) is 4.14. The van der Waals surface area contributed by atoms with Crippen LogP contribution in [0.15, 0.2) is 46.5 Å². The van der Waals surface area contributed by atoms with Gasteiger partial charge in [-0.1, -0.05) is 30.6 Å². The average Bonchev–Trinajstić information content (AvgIpc) is 3.29. The summed E-state index contributed by atoms with van der Waals surface area (Å²) >= 11 is 0. The molecular formula is C20H22N4O6S. The highest BCUT2D eigenvalue weighted by molar-refractivity contribution is 7.91. The molecule has 0 spiro atoms. The molecule has 0 fully saturated rings. The second-order valence-corrected chi connectivity index (χ2v) is 8.40. The van der Waals surface area contributed by atoms with Crippen LogP contribution >= 0.6 is 0 Å². The van der Waals surface area contributed by atoms with Gasteiger partial charge in [-0.3, -0.25) is 4.79 Å². The number of Topliss-reactive ketones (excluding diaryl/α,β-unsaturated/α-hetero) is 1. The maximum atomic E-state index is 12.7. The van der Waals surface area contributed by atoms with E-state index in [0.29, 0.717) is 17.7 Å². The van der Waals surface area contributed by atoms with E-state index in [1.54, 1.807) is 18.2 Å². The molecule has 3 rings (SSSR count). The molecule has 10 nitrogen and oxygen atoms in total. The van der Waals surface area contributed by atoms with Crippen LogP contribution in [-0.2, 0) is 16.3 Å². The lowest BCUT2D eigenvalue weighted by molar-refractivity contribution is 0.101. The van der Waals surface area contributed by atoms with Crippen LogP contribution in [0.1, 0.15) is 36.2 Å². The highest BCUT2D eigenvalue weighted by atomic mass is 32.2. The van der Waals surface area contributed by atoms with E-state index < -0.39 is 15.0 Å². The second kappa shape index (κ2) is 9.56. The number of tetrazole rings is 1. The average molecular weight is 446 g/mol. The SMILES string of the molecule is CCCc1c(OCCOc2ccccc2S(=O)(=O)c2nn[nH]n2)ccc(C(C)=O)c1O. The third-order valence-electron chi connectivity index (χ3n) is 4.42. The minimum absolute atomic E-state index is 0.0412. The Morgan fingerprint density at radius 3 is 2.45 bits per heavy atom. The van der Waals surface area contributed by atoms with Gasteiger partial charge in [-0.2, -0.15) is 5.21 Å². The Hall–Kier alpha value is -3.47. The van der Waals surface area contributed by atoms with Crippen LogP contribution in [0.3, 0.4) is 0 Å². The van der Waals surface area contributed by atoms with Crippen LogP contribution in [0.25, 0.3) is 0 Å². The number of para-hydroxylation sites is 1. The first-order valence-electron chi connectivity index (χ1n) is 9.55. The first kappa shape index (κ1) is 22.2. The summed E-state index contributed by atoms with van der Waals surface area (Å²) in [5, 5.41) is 22.4. The molecule has 0 aliphatic heterocycles. The number of phenols is 1. The molecule has 0 radical (unpaired) electrons. The lowest BCUT2D eigenvalue weighted by Gasteiger charge is -2.15. The normalized spacial score (nSPS) is 11.3. The fourth-order valence-electron chi connectivity index (χ4n) is 2.99. The van der Waals surface area contributed by atoms with Crippen LogP contribution in [0.5, 0.6) is 17.2 Å². The van der Waals surface area contributed by atoms with E-state index in [4.69, 9.17) is 9.47 Å². The number of benzene rings is 2. The number of rotatable bonds is 10. The summed E-state index contributed by atoms with van der Waals surface area (Å²) in [5.74, 6) is 0.258. The molecule has 1 heterocycles. The van der Waals surface area contributed by atoms with Gasteiger partial charge in [-0.15, -0.1) is 5.10 Å². The zero-order chi connectivity index (χ0) is 22.4. The lowest BCUT2D eigenvalue weighted by atomic mass is 10.0. The zero-order valence-electron chi connectivity index (χ0n) is 17.0. The Kier molecular flexibility index (Phi) is 6.85. The molecule has 11 heteroatoms. The van der Waals surface area contributed by atoms with Crippen molar-refractivity contribution in [1.29, 1.82) is 0 Å². The molecule has 31 heavy (non-hydrogen) atoms. The molecule has 0 atom stereocenters. The number of H-pyrrole nitrogens is 1. The third kappa shape index (κ3) is 4.82. The van der Waals surface area contributed by atoms with Gasteiger partial charge in [0.25, 0.3) is 5.16 Å². The molecule has 3 aromatic rings. The third-order valence-corrected chi connectivity index (χ3v) is 5.99. The van der Waals surface area contributed by atoms with Crippen LogP contribution in [0.2, 0.25) is 0 Å². The van der Waals surface area contributed by atoms with Crippen LogP contribution in [0, 0.1) is 0 Å². The number of phenolic OH excluding ortho intramolecular Hbond substituents is 1. The lowest BCUT2D eigenvalue weighted by Crippen LogP contribution is -2.13. The van der Waals surface area contributed by atoms with Crippen molar-refractivity contribution in [3.63, 3.8) is 0 Å². The summed E-state index contributed by atoms with van der Waals surface area (Å²) in [7, 11) is -3.99. The number of ketones is 1. The number of hydrogen-bond acceptors (Lipinski definition) is 9. The molecule has 0 unspecified atom stereocenters. The number of nitrogens with zero attached hydrogens (tertiary/aromatic N) is 3. The molecule has 0 aliphatic carbocycles. The number of aromatic nitrogens is 4. The van der Waals surface area contributed by atoms with E-state index >= 15 is 0 Å². The molecule has 2 aromatic carbocycles. The molecular weight excluding hydrogens is 424 g/mol. The number of ether oxygens (including phenoxy) is 2. The Morgan fingerprint density at radius 1 is 1.10 bits per heavy atom. The number of aromatic amines is 1. The van der Waals surface area contributed by atoms with Crippen LogP contribution in [-0.4, -0.2) is 53.1 Å². The van der Waals surface area contributed by atoms with Crippen molar-refractivity contribution in [2.24, 2.45) is 0 Å². The van der Waals surface area contributed by atoms with Crippen LogP contribution < -0.4 is 9.47 Å². The summed E-state index contributed by atoms with van der Waals surface area (Å²) in [6.45, 7) is 3.47. The molecule has 0 aliphatic rings. The first-order chi connectivity index (χ1) is 14.9. The maximum Gasteiger partial charge on any atom is 0.293 e. The van der Waals surface area contributed by atoms with Crippen molar-refractivity contribution in [2.45, 2.75) is 36.7 Å². The number of sulfone groups is 1. The quantitative estimate of drug-likeness (QED) is 0.354. The van der Waals surface area contributed by atoms with Gasteiger partial charge in [0, 0.05) is 5.56 Å². The standard InChI is InChI=1S/C20H22N4O6S/c1-3-6-15-16(10-9-14(13(2)25)19(15)26)29-11-12-30-17-7-4-5-8-18(17)31(27,28)20-21-23-24-22-20/h4-5,7-10,26H,3,6,11-12H2,1-2H3,(H,21,22,23,24).